The SMILES string of the molecule is CCOc1cc(CNc2ccccc2C)cc(Br)c1OCc1ccc(Cl)cc1. The maximum atomic E-state index is 6.05. The standard InChI is InChI=1S/C23H23BrClNO2/c1-3-27-22-13-18(14-26-21-7-5-4-6-16(21)2)12-20(24)23(22)28-15-17-8-10-19(25)11-9-17/h4-13,26H,3,14-15H2,1-2H3. The van der Waals surface area contributed by atoms with Gasteiger partial charge in [-0.3, -0.25) is 0 Å². The Morgan fingerprint density at radius 2 is 1.71 bits per heavy atom. The topological polar surface area (TPSA) is 30.5 Å². The highest BCUT2D eigenvalue weighted by atomic mass is 79.9. The van der Waals surface area contributed by atoms with Crippen LogP contribution in [0.3, 0.4) is 0 Å². The normalized spacial score (nSPS) is 10.6. The van der Waals surface area contributed by atoms with Crippen molar-refractivity contribution in [2.24, 2.45) is 0 Å². The van der Waals surface area contributed by atoms with Crippen molar-refractivity contribution in [1.82, 2.24) is 0 Å². The van der Waals surface area contributed by atoms with Gasteiger partial charge in [-0.1, -0.05) is 41.9 Å². The maximum absolute atomic E-state index is 6.05. The second-order valence-electron chi connectivity index (χ2n) is 6.42. The van der Waals surface area contributed by atoms with Crippen molar-refractivity contribution in [2.75, 3.05) is 11.9 Å². The number of aryl methyl sites for hydroxylation is 1. The van der Waals surface area contributed by atoms with Crippen LogP contribution in [0.4, 0.5) is 5.69 Å². The molecule has 5 heteroatoms. The summed E-state index contributed by atoms with van der Waals surface area (Å²) < 4.78 is 12.8. The number of hydrogen-bond donors (Lipinski definition) is 1. The van der Waals surface area contributed by atoms with Crippen LogP contribution in [0.5, 0.6) is 11.5 Å². The summed E-state index contributed by atoms with van der Waals surface area (Å²) in [6, 6.07) is 20.0. The van der Waals surface area contributed by atoms with Crippen LogP contribution in [0.15, 0.2) is 65.1 Å². The number of anilines is 1. The van der Waals surface area contributed by atoms with E-state index in [9.17, 15) is 0 Å². The number of rotatable bonds is 8. The third-order valence-electron chi connectivity index (χ3n) is 4.29. The van der Waals surface area contributed by atoms with Gasteiger partial charge in [0.2, 0.25) is 0 Å². The van der Waals surface area contributed by atoms with Gasteiger partial charge in [-0.2, -0.15) is 0 Å². The molecule has 0 saturated heterocycles. The second kappa shape index (κ2) is 9.85. The molecule has 3 rings (SSSR count). The predicted molar refractivity (Wildman–Crippen MR) is 120 cm³/mol. The highest BCUT2D eigenvalue weighted by Gasteiger charge is 2.13. The summed E-state index contributed by atoms with van der Waals surface area (Å²) in [5, 5.41) is 4.19. The molecule has 0 aromatic heterocycles. The predicted octanol–water partition coefficient (Wildman–Crippen LogP) is 7.00. The van der Waals surface area contributed by atoms with Crippen LogP contribution >= 0.6 is 27.5 Å². The lowest BCUT2D eigenvalue weighted by Crippen LogP contribution is -2.04. The Balaban J connectivity index is 1.75. The molecule has 0 aliphatic carbocycles. The van der Waals surface area contributed by atoms with E-state index in [1.165, 1.54) is 5.56 Å². The highest BCUT2D eigenvalue weighted by molar-refractivity contribution is 9.10. The quantitative estimate of drug-likeness (QED) is 0.392. The molecule has 0 unspecified atom stereocenters. The number of benzene rings is 3. The monoisotopic (exact) mass is 459 g/mol. The van der Waals surface area contributed by atoms with Gasteiger partial charge in [0.1, 0.15) is 6.61 Å². The first-order valence-electron chi connectivity index (χ1n) is 9.18. The van der Waals surface area contributed by atoms with Crippen LogP contribution in [0.2, 0.25) is 5.02 Å². The number of para-hydroxylation sites is 1. The van der Waals surface area contributed by atoms with Gasteiger partial charge in [-0.05, 0) is 76.8 Å². The summed E-state index contributed by atoms with van der Waals surface area (Å²) in [7, 11) is 0. The van der Waals surface area contributed by atoms with Crippen LogP contribution in [0, 0.1) is 6.92 Å². The lowest BCUT2D eigenvalue weighted by atomic mass is 10.1. The minimum atomic E-state index is 0.441. The largest absolute Gasteiger partial charge is 0.490 e. The Labute approximate surface area is 179 Å². The molecule has 0 saturated carbocycles. The number of ether oxygens (including phenoxy) is 2. The Bertz CT molecular complexity index is 928. The fourth-order valence-corrected chi connectivity index (χ4v) is 3.56. The smallest absolute Gasteiger partial charge is 0.175 e. The third kappa shape index (κ3) is 5.43. The van der Waals surface area contributed by atoms with Gasteiger partial charge in [0.25, 0.3) is 0 Å². The van der Waals surface area contributed by atoms with Gasteiger partial charge < -0.3 is 14.8 Å². The molecule has 0 aliphatic rings. The minimum absolute atomic E-state index is 0.441. The second-order valence-corrected chi connectivity index (χ2v) is 7.71. The third-order valence-corrected chi connectivity index (χ3v) is 5.13. The lowest BCUT2D eigenvalue weighted by molar-refractivity contribution is 0.267. The van der Waals surface area contributed by atoms with Crippen molar-refractivity contribution >= 4 is 33.2 Å². The Kier molecular flexibility index (Phi) is 7.24. The van der Waals surface area contributed by atoms with E-state index in [4.69, 9.17) is 21.1 Å². The molecule has 1 N–H and O–H groups in total. The van der Waals surface area contributed by atoms with E-state index in [0.717, 1.165) is 27.0 Å². The molecule has 0 amide bonds. The van der Waals surface area contributed by atoms with Gasteiger partial charge in [0.05, 0.1) is 11.1 Å². The Hall–Kier alpha value is -2.17. The summed E-state index contributed by atoms with van der Waals surface area (Å²) in [5.41, 5.74) is 4.50. The van der Waals surface area contributed by atoms with Gasteiger partial charge in [0.15, 0.2) is 11.5 Å². The molecule has 0 radical (unpaired) electrons. The minimum Gasteiger partial charge on any atom is -0.490 e. The van der Waals surface area contributed by atoms with Crippen molar-refractivity contribution in [2.45, 2.75) is 27.0 Å². The summed E-state index contributed by atoms with van der Waals surface area (Å²) in [6.07, 6.45) is 0. The zero-order valence-electron chi connectivity index (χ0n) is 16.0. The molecule has 3 nitrogen and oxygen atoms in total. The molecule has 3 aromatic carbocycles. The molecule has 0 heterocycles. The number of hydrogen-bond acceptors (Lipinski definition) is 3. The summed E-state index contributed by atoms with van der Waals surface area (Å²) >= 11 is 9.59. The van der Waals surface area contributed by atoms with Gasteiger partial charge in [0, 0.05) is 17.3 Å². The summed E-state index contributed by atoms with van der Waals surface area (Å²) in [5.74, 6) is 1.43. The molecule has 0 fully saturated rings. The van der Waals surface area contributed by atoms with Crippen LogP contribution in [-0.4, -0.2) is 6.61 Å². The van der Waals surface area contributed by atoms with Crippen molar-refractivity contribution < 1.29 is 9.47 Å². The van der Waals surface area contributed by atoms with Gasteiger partial charge >= 0.3 is 0 Å². The van der Waals surface area contributed by atoms with Gasteiger partial charge in [-0.15, -0.1) is 0 Å². The zero-order valence-corrected chi connectivity index (χ0v) is 18.3. The molecule has 0 spiro atoms. The van der Waals surface area contributed by atoms with Crippen LogP contribution < -0.4 is 14.8 Å². The van der Waals surface area contributed by atoms with Crippen molar-refractivity contribution in [3.8, 4) is 11.5 Å². The molecule has 3 aromatic rings. The molecule has 0 atom stereocenters. The number of nitrogens with one attached hydrogen (secondary N) is 1. The first kappa shape index (κ1) is 20.6. The average Bonchev–Trinajstić information content (AvgIpc) is 2.68. The lowest BCUT2D eigenvalue weighted by Gasteiger charge is -2.16. The fraction of sp³-hybridized carbons (Fsp3) is 0.217. The summed E-state index contributed by atoms with van der Waals surface area (Å²) in [4.78, 5) is 0. The van der Waals surface area contributed by atoms with E-state index in [1.807, 2.05) is 49.4 Å². The summed E-state index contributed by atoms with van der Waals surface area (Å²) in [6.45, 7) is 5.77. The number of halogens is 2. The van der Waals surface area contributed by atoms with Crippen molar-refractivity contribution in [3.05, 3.63) is 86.8 Å². The first-order chi connectivity index (χ1) is 13.6. The Morgan fingerprint density at radius 1 is 0.964 bits per heavy atom. The molecule has 0 aliphatic heterocycles. The first-order valence-corrected chi connectivity index (χ1v) is 10.4. The van der Waals surface area contributed by atoms with E-state index in [2.05, 4.69) is 46.4 Å². The molecule has 0 bridgehead atoms. The van der Waals surface area contributed by atoms with E-state index < -0.39 is 0 Å². The molecule has 28 heavy (non-hydrogen) atoms. The van der Waals surface area contributed by atoms with Crippen LogP contribution in [-0.2, 0) is 13.2 Å². The highest BCUT2D eigenvalue weighted by Crippen LogP contribution is 2.37. The van der Waals surface area contributed by atoms with Crippen LogP contribution in [0.1, 0.15) is 23.6 Å². The van der Waals surface area contributed by atoms with E-state index in [-0.39, 0.29) is 0 Å². The fourth-order valence-electron chi connectivity index (χ4n) is 2.83. The van der Waals surface area contributed by atoms with E-state index in [1.54, 1.807) is 0 Å². The van der Waals surface area contributed by atoms with Gasteiger partial charge in [-0.25, -0.2) is 0 Å². The zero-order chi connectivity index (χ0) is 19.9. The molecular formula is C23H23BrClNO2. The molecular weight excluding hydrogens is 438 g/mol. The average molecular weight is 461 g/mol. The maximum Gasteiger partial charge on any atom is 0.175 e. The van der Waals surface area contributed by atoms with Crippen molar-refractivity contribution in [1.29, 1.82) is 0 Å². The Morgan fingerprint density at radius 3 is 2.43 bits per heavy atom. The van der Waals surface area contributed by atoms with E-state index >= 15 is 0 Å². The van der Waals surface area contributed by atoms with Crippen LogP contribution in [0.25, 0.3) is 0 Å². The van der Waals surface area contributed by atoms with E-state index in [0.29, 0.717) is 30.5 Å². The van der Waals surface area contributed by atoms with Crippen molar-refractivity contribution in [3.63, 3.8) is 0 Å². The molecule has 146 valence electrons.